The van der Waals surface area contributed by atoms with E-state index < -0.39 is 10.5 Å². The number of hydrogen-bond acceptors (Lipinski definition) is 6. The molecule has 8 nitrogen and oxygen atoms in total. The van der Waals surface area contributed by atoms with Crippen LogP contribution in [0.15, 0.2) is 29.3 Å². The minimum absolute atomic E-state index is 0.0685. The second-order valence-corrected chi connectivity index (χ2v) is 5.15. The fraction of sp³-hybridized carbons (Fsp3) is 0.333. The molecular formula is C15H16N4O4. The maximum Gasteiger partial charge on any atom is 0.270 e. The SMILES string of the molecule is CN=C(NC#N)C1=CC(C)(COC)Oc2ccc([N+](=O)[O-])cc21. The highest BCUT2D eigenvalue weighted by atomic mass is 16.6. The molecule has 1 aromatic rings. The number of ether oxygens (including phenoxy) is 2. The summed E-state index contributed by atoms with van der Waals surface area (Å²) in [4.78, 5) is 14.6. The molecule has 8 heteroatoms. The largest absolute Gasteiger partial charge is 0.480 e. The number of benzene rings is 1. The maximum absolute atomic E-state index is 11.0. The van der Waals surface area contributed by atoms with Crippen molar-refractivity contribution >= 4 is 17.1 Å². The minimum atomic E-state index is -0.777. The average Bonchev–Trinajstić information content (AvgIpc) is 2.51. The van der Waals surface area contributed by atoms with E-state index in [0.29, 0.717) is 22.7 Å². The van der Waals surface area contributed by atoms with Crippen LogP contribution in [-0.4, -0.2) is 37.1 Å². The van der Waals surface area contributed by atoms with Gasteiger partial charge in [0.05, 0.1) is 11.5 Å². The van der Waals surface area contributed by atoms with Crippen molar-refractivity contribution < 1.29 is 14.4 Å². The van der Waals surface area contributed by atoms with Crippen LogP contribution in [0.4, 0.5) is 5.69 Å². The molecule has 0 fully saturated rings. The van der Waals surface area contributed by atoms with Gasteiger partial charge in [-0.15, -0.1) is 0 Å². The second kappa shape index (κ2) is 6.46. The first-order valence-electron chi connectivity index (χ1n) is 6.76. The van der Waals surface area contributed by atoms with E-state index in [1.165, 1.54) is 25.2 Å². The molecule has 0 radical (unpaired) electrons. The van der Waals surface area contributed by atoms with Crippen LogP contribution in [0.1, 0.15) is 12.5 Å². The molecular weight excluding hydrogens is 300 g/mol. The number of nitriles is 1. The quantitative estimate of drug-likeness (QED) is 0.227. The van der Waals surface area contributed by atoms with Crippen LogP contribution in [0.5, 0.6) is 5.75 Å². The number of aliphatic imine (C=N–C) groups is 1. The molecule has 0 spiro atoms. The third kappa shape index (κ3) is 3.30. The number of nitro benzene ring substituents is 1. The van der Waals surface area contributed by atoms with E-state index in [-0.39, 0.29) is 12.3 Å². The zero-order valence-electron chi connectivity index (χ0n) is 13.0. The molecule has 0 saturated carbocycles. The number of non-ortho nitro benzene ring substituents is 1. The van der Waals surface area contributed by atoms with Crippen LogP contribution in [0.2, 0.25) is 0 Å². The van der Waals surface area contributed by atoms with Gasteiger partial charge in [-0.05, 0) is 19.1 Å². The first-order valence-corrected chi connectivity index (χ1v) is 6.76. The van der Waals surface area contributed by atoms with E-state index in [1.807, 2.05) is 13.1 Å². The Bertz CT molecular complexity index is 735. The van der Waals surface area contributed by atoms with Crippen LogP contribution in [0, 0.1) is 21.6 Å². The fourth-order valence-corrected chi connectivity index (χ4v) is 2.45. The molecule has 0 aliphatic carbocycles. The first-order chi connectivity index (χ1) is 10.9. The lowest BCUT2D eigenvalue weighted by Gasteiger charge is -2.33. The maximum atomic E-state index is 11.0. The van der Waals surface area contributed by atoms with Gasteiger partial charge in [0.1, 0.15) is 17.2 Å². The second-order valence-electron chi connectivity index (χ2n) is 5.15. The number of nitrogens with zero attached hydrogens (tertiary/aromatic N) is 3. The molecule has 0 bridgehead atoms. The van der Waals surface area contributed by atoms with E-state index in [9.17, 15) is 10.1 Å². The molecule has 0 saturated heterocycles. The van der Waals surface area contributed by atoms with E-state index in [0.717, 1.165) is 0 Å². The Morgan fingerprint density at radius 2 is 2.35 bits per heavy atom. The Morgan fingerprint density at radius 3 is 2.91 bits per heavy atom. The van der Waals surface area contributed by atoms with Crippen LogP contribution in [-0.2, 0) is 4.74 Å². The number of hydrogen-bond donors (Lipinski definition) is 1. The monoisotopic (exact) mass is 316 g/mol. The van der Waals surface area contributed by atoms with Crippen LogP contribution in [0.3, 0.4) is 0 Å². The van der Waals surface area contributed by atoms with Gasteiger partial charge in [-0.25, -0.2) is 0 Å². The standard InChI is InChI=1S/C15H16N4O4/c1-15(8-22-3)7-12(14(17-2)18-9-16)11-6-10(19(20)21)4-5-13(11)23-15/h4-7H,8H2,1-3H3,(H,17,18). The first kappa shape index (κ1) is 16.5. The van der Waals surface area contributed by atoms with E-state index >= 15 is 0 Å². The third-order valence-corrected chi connectivity index (χ3v) is 3.34. The topological polar surface area (TPSA) is 110 Å². The van der Waals surface area contributed by atoms with Gasteiger partial charge in [-0.3, -0.25) is 20.4 Å². The Kier molecular flexibility index (Phi) is 4.62. The average molecular weight is 316 g/mol. The lowest BCUT2D eigenvalue weighted by molar-refractivity contribution is -0.384. The third-order valence-electron chi connectivity index (χ3n) is 3.34. The van der Waals surface area contributed by atoms with Crippen LogP contribution < -0.4 is 10.1 Å². The summed E-state index contributed by atoms with van der Waals surface area (Å²) in [5.41, 5.74) is 0.205. The van der Waals surface area contributed by atoms with Gasteiger partial charge in [-0.1, -0.05) is 0 Å². The molecule has 0 amide bonds. The number of nitrogens with one attached hydrogen (secondary N) is 1. The van der Waals surface area contributed by atoms with Gasteiger partial charge in [0, 0.05) is 37.4 Å². The van der Waals surface area contributed by atoms with E-state index in [2.05, 4.69) is 10.3 Å². The van der Waals surface area contributed by atoms with E-state index in [1.54, 1.807) is 13.2 Å². The summed E-state index contributed by atoms with van der Waals surface area (Å²) >= 11 is 0. The summed E-state index contributed by atoms with van der Waals surface area (Å²) in [6, 6.07) is 4.31. The van der Waals surface area contributed by atoms with Gasteiger partial charge >= 0.3 is 0 Å². The molecule has 1 aliphatic heterocycles. The van der Waals surface area contributed by atoms with Crippen molar-refractivity contribution in [1.29, 1.82) is 5.26 Å². The van der Waals surface area contributed by atoms with Crippen molar-refractivity contribution in [1.82, 2.24) is 5.32 Å². The molecule has 1 aromatic carbocycles. The van der Waals surface area contributed by atoms with Gasteiger partial charge in [0.15, 0.2) is 6.19 Å². The molecule has 1 heterocycles. The summed E-state index contributed by atoms with van der Waals surface area (Å²) in [5, 5.41) is 22.4. The Hall–Kier alpha value is -2.92. The summed E-state index contributed by atoms with van der Waals surface area (Å²) < 4.78 is 11.1. The predicted molar refractivity (Wildman–Crippen MR) is 84.1 cm³/mol. The zero-order chi connectivity index (χ0) is 17.0. The molecule has 1 aliphatic rings. The van der Waals surface area contributed by atoms with E-state index in [4.69, 9.17) is 14.7 Å². The summed E-state index contributed by atoms with van der Waals surface area (Å²) in [7, 11) is 3.08. The van der Waals surface area contributed by atoms with Crippen molar-refractivity contribution in [2.24, 2.45) is 4.99 Å². The molecule has 23 heavy (non-hydrogen) atoms. The summed E-state index contributed by atoms with van der Waals surface area (Å²) in [6.07, 6.45) is 3.56. The molecule has 120 valence electrons. The lowest BCUT2D eigenvalue weighted by atomic mass is 9.92. The Morgan fingerprint density at radius 1 is 1.61 bits per heavy atom. The molecule has 1 unspecified atom stereocenters. The highest BCUT2D eigenvalue weighted by Crippen LogP contribution is 2.38. The smallest absolute Gasteiger partial charge is 0.270 e. The highest BCUT2D eigenvalue weighted by Gasteiger charge is 2.33. The summed E-state index contributed by atoms with van der Waals surface area (Å²) in [6.45, 7) is 2.09. The van der Waals surface area contributed by atoms with Crippen molar-refractivity contribution in [3.63, 3.8) is 0 Å². The number of nitro groups is 1. The van der Waals surface area contributed by atoms with Gasteiger partial charge in [0.25, 0.3) is 5.69 Å². The van der Waals surface area contributed by atoms with Gasteiger partial charge in [-0.2, -0.15) is 5.26 Å². The minimum Gasteiger partial charge on any atom is -0.480 e. The van der Waals surface area contributed by atoms with Crippen molar-refractivity contribution in [3.05, 3.63) is 40.0 Å². The van der Waals surface area contributed by atoms with Crippen molar-refractivity contribution in [3.8, 4) is 11.9 Å². The summed E-state index contributed by atoms with van der Waals surface area (Å²) in [5.74, 6) is 0.772. The number of amidine groups is 1. The number of fused-ring (bicyclic) bond motifs is 1. The fourth-order valence-electron chi connectivity index (χ4n) is 2.45. The van der Waals surface area contributed by atoms with Crippen molar-refractivity contribution in [2.45, 2.75) is 12.5 Å². The number of rotatable bonds is 4. The molecule has 1 N–H and O–H groups in total. The normalized spacial score (nSPS) is 19.9. The zero-order valence-corrected chi connectivity index (χ0v) is 13.0. The van der Waals surface area contributed by atoms with Gasteiger partial charge in [0.2, 0.25) is 0 Å². The van der Waals surface area contributed by atoms with Crippen LogP contribution in [0.25, 0.3) is 5.57 Å². The Labute approximate surface area is 133 Å². The lowest BCUT2D eigenvalue weighted by Crippen LogP contribution is -2.39. The predicted octanol–water partition coefficient (Wildman–Crippen LogP) is 1.87. The van der Waals surface area contributed by atoms with Crippen LogP contribution >= 0.6 is 0 Å². The van der Waals surface area contributed by atoms with Crippen molar-refractivity contribution in [2.75, 3.05) is 20.8 Å². The van der Waals surface area contributed by atoms with Gasteiger partial charge < -0.3 is 9.47 Å². The molecule has 1 atom stereocenters. The molecule has 0 aromatic heterocycles. The number of methoxy groups -OCH3 is 1. The molecule has 2 rings (SSSR count). The highest BCUT2D eigenvalue weighted by molar-refractivity contribution is 6.24. The Balaban J connectivity index is 2.63.